The lowest BCUT2D eigenvalue weighted by molar-refractivity contribution is -0.131. The molecular weight excluding hydrogens is 248 g/mol. The van der Waals surface area contributed by atoms with Crippen molar-refractivity contribution in [2.24, 2.45) is 0 Å². The fourth-order valence-electron chi connectivity index (χ4n) is 0.883. The molecule has 1 aromatic carbocycles. The molecule has 1 N–H and O–H groups in total. The van der Waals surface area contributed by atoms with Crippen LogP contribution in [-0.2, 0) is 4.79 Å². The van der Waals surface area contributed by atoms with Gasteiger partial charge in [0.2, 0.25) is 0 Å². The number of methoxy groups -OCH3 is 1. The summed E-state index contributed by atoms with van der Waals surface area (Å²) in [6, 6.07) is 7.14. The van der Waals surface area contributed by atoms with Gasteiger partial charge in [0.25, 0.3) is 0 Å². The molecule has 0 aliphatic heterocycles. The Bertz CT molecular complexity index is 317. The van der Waals surface area contributed by atoms with Gasteiger partial charge in [0, 0.05) is 6.08 Å². The molecule has 4 heteroatoms. The van der Waals surface area contributed by atoms with Gasteiger partial charge >= 0.3 is 5.97 Å². The Morgan fingerprint density at radius 1 is 1.36 bits per heavy atom. The molecule has 0 fully saturated rings. The summed E-state index contributed by atoms with van der Waals surface area (Å²) in [6.45, 7) is 0. The van der Waals surface area contributed by atoms with Crippen LogP contribution in [0.15, 0.2) is 30.3 Å². The van der Waals surface area contributed by atoms with E-state index in [0.29, 0.717) is 0 Å². The van der Waals surface area contributed by atoms with Gasteiger partial charge in [0.15, 0.2) is 0 Å². The second-order valence-electron chi connectivity index (χ2n) is 2.44. The lowest BCUT2D eigenvalue weighted by Gasteiger charge is -1.98. The highest BCUT2D eigenvalue weighted by Gasteiger charge is 1.91. The molecule has 0 saturated carbocycles. The molecule has 14 heavy (non-hydrogen) atoms. The van der Waals surface area contributed by atoms with Gasteiger partial charge in [-0.2, -0.15) is 0 Å². The SMILES string of the molecule is Br.COc1ccc(C=CC(=O)O)cc1. The second-order valence-corrected chi connectivity index (χ2v) is 2.44. The van der Waals surface area contributed by atoms with E-state index < -0.39 is 5.97 Å². The van der Waals surface area contributed by atoms with Crippen molar-refractivity contribution in [3.05, 3.63) is 35.9 Å². The van der Waals surface area contributed by atoms with Gasteiger partial charge in [-0.3, -0.25) is 0 Å². The van der Waals surface area contributed by atoms with Crippen molar-refractivity contribution < 1.29 is 14.6 Å². The first-order chi connectivity index (χ1) is 6.22. The van der Waals surface area contributed by atoms with E-state index in [1.165, 1.54) is 6.08 Å². The largest absolute Gasteiger partial charge is 0.497 e. The minimum Gasteiger partial charge on any atom is -0.497 e. The average molecular weight is 259 g/mol. The van der Waals surface area contributed by atoms with Crippen LogP contribution in [0.3, 0.4) is 0 Å². The minimum atomic E-state index is -0.948. The number of benzene rings is 1. The number of ether oxygens (including phenoxy) is 1. The van der Waals surface area contributed by atoms with Gasteiger partial charge in [0.05, 0.1) is 7.11 Å². The third-order valence-corrected chi connectivity index (χ3v) is 1.53. The van der Waals surface area contributed by atoms with Crippen molar-refractivity contribution >= 4 is 29.0 Å². The van der Waals surface area contributed by atoms with Crippen LogP contribution in [-0.4, -0.2) is 18.2 Å². The van der Waals surface area contributed by atoms with Crippen LogP contribution >= 0.6 is 17.0 Å². The van der Waals surface area contributed by atoms with Gasteiger partial charge in [0.1, 0.15) is 5.75 Å². The molecule has 1 aromatic rings. The van der Waals surface area contributed by atoms with E-state index in [1.807, 2.05) is 0 Å². The van der Waals surface area contributed by atoms with Crippen LogP contribution < -0.4 is 4.74 Å². The van der Waals surface area contributed by atoms with E-state index in [4.69, 9.17) is 9.84 Å². The number of rotatable bonds is 3. The van der Waals surface area contributed by atoms with Crippen LogP contribution in [0.5, 0.6) is 5.75 Å². The molecule has 0 heterocycles. The first-order valence-electron chi connectivity index (χ1n) is 3.77. The highest BCUT2D eigenvalue weighted by molar-refractivity contribution is 8.93. The third kappa shape index (κ3) is 4.09. The van der Waals surface area contributed by atoms with E-state index in [2.05, 4.69) is 0 Å². The van der Waals surface area contributed by atoms with Gasteiger partial charge < -0.3 is 9.84 Å². The van der Waals surface area contributed by atoms with E-state index in [-0.39, 0.29) is 17.0 Å². The van der Waals surface area contributed by atoms with Crippen molar-refractivity contribution in [2.75, 3.05) is 7.11 Å². The summed E-state index contributed by atoms with van der Waals surface area (Å²) in [5.41, 5.74) is 0.836. The van der Waals surface area contributed by atoms with E-state index >= 15 is 0 Å². The van der Waals surface area contributed by atoms with Crippen molar-refractivity contribution in [1.29, 1.82) is 0 Å². The molecule has 0 spiro atoms. The van der Waals surface area contributed by atoms with Crippen LogP contribution in [0.4, 0.5) is 0 Å². The summed E-state index contributed by atoms with van der Waals surface area (Å²) in [6.07, 6.45) is 2.63. The van der Waals surface area contributed by atoms with Gasteiger partial charge in [-0.1, -0.05) is 12.1 Å². The molecular formula is C10H11BrO3. The van der Waals surface area contributed by atoms with Crippen molar-refractivity contribution in [1.82, 2.24) is 0 Å². The van der Waals surface area contributed by atoms with Crippen molar-refractivity contribution in [3.8, 4) is 5.75 Å². The number of carboxylic acid groups (broad SMARTS) is 1. The molecule has 3 nitrogen and oxygen atoms in total. The Balaban J connectivity index is 0.00000169. The maximum atomic E-state index is 10.2. The van der Waals surface area contributed by atoms with Crippen LogP contribution in [0.2, 0.25) is 0 Å². The molecule has 0 unspecified atom stereocenters. The minimum absolute atomic E-state index is 0. The smallest absolute Gasteiger partial charge is 0.328 e. The van der Waals surface area contributed by atoms with Gasteiger partial charge in [-0.15, -0.1) is 17.0 Å². The molecule has 0 radical (unpaired) electrons. The highest BCUT2D eigenvalue weighted by Crippen LogP contribution is 2.11. The van der Waals surface area contributed by atoms with E-state index in [9.17, 15) is 4.79 Å². The van der Waals surface area contributed by atoms with Crippen LogP contribution in [0.25, 0.3) is 6.08 Å². The average Bonchev–Trinajstić information content (AvgIpc) is 2.15. The zero-order valence-corrected chi connectivity index (χ0v) is 9.35. The predicted octanol–water partition coefficient (Wildman–Crippen LogP) is 2.37. The van der Waals surface area contributed by atoms with E-state index in [0.717, 1.165) is 17.4 Å². The molecule has 0 aromatic heterocycles. The third-order valence-electron chi connectivity index (χ3n) is 1.53. The normalized spacial score (nSPS) is 9.50. The predicted molar refractivity (Wildman–Crippen MR) is 60.0 cm³/mol. The Kier molecular flexibility index (Phi) is 5.64. The molecule has 76 valence electrons. The zero-order valence-electron chi connectivity index (χ0n) is 7.64. The Labute approximate surface area is 92.8 Å². The molecule has 0 bridgehead atoms. The van der Waals surface area contributed by atoms with Crippen LogP contribution in [0.1, 0.15) is 5.56 Å². The summed E-state index contributed by atoms with van der Waals surface area (Å²) in [5.74, 6) is -0.191. The monoisotopic (exact) mass is 258 g/mol. The summed E-state index contributed by atoms with van der Waals surface area (Å²) in [5, 5.41) is 8.36. The first kappa shape index (κ1) is 12.7. The Morgan fingerprint density at radius 3 is 2.36 bits per heavy atom. The Hall–Kier alpha value is -1.29. The fraction of sp³-hybridized carbons (Fsp3) is 0.100. The van der Waals surface area contributed by atoms with Crippen LogP contribution in [0, 0.1) is 0 Å². The van der Waals surface area contributed by atoms with Gasteiger partial charge in [-0.25, -0.2) is 4.79 Å². The quantitative estimate of drug-likeness (QED) is 0.847. The molecule has 0 atom stereocenters. The highest BCUT2D eigenvalue weighted by atomic mass is 79.9. The summed E-state index contributed by atoms with van der Waals surface area (Å²) >= 11 is 0. The number of hydrogen-bond acceptors (Lipinski definition) is 2. The topological polar surface area (TPSA) is 46.5 Å². The molecule has 0 aliphatic rings. The van der Waals surface area contributed by atoms with E-state index in [1.54, 1.807) is 31.4 Å². The lowest BCUT2D eigenvalue weighted by atomic mass is 10.2. The number of hydrogen-bond donors (Lipinski definition) is 1. The first-order valence-corrected chi connectivity index (χ1v) is 3.77. The molecule has 0 amide bonds. The summed E-state index contributed by atoms with van der Waals surface area (Å²) < 4.78 is 4.95. The lowest BCUT2D eigenvalue weighted by Crippen LogP contribution is -1.86. The summed E-state index contributed by atoms with van der Waals surface area (Å²) in [7, 11) is 1.59. The van der Waals surface area contributed by atoms with Crippen molar-refractivity contribution in [2.45, 2.75) is 0 Å². The standard InChI is InChI=1S/C10H10O3.BrH/c1-13-9-5-2-8(3-6-9)4-7-10(11)12;/h2-7H,1H3,(H,11,12);1H. The fourth-order valence-corrected chi connectivity index (χ4v) is 0.883. The van der Waals surface area contributed by atoms with Gasteiger partial charge in [-0.05, 0) is 23.8 Å². The second kappa shape index (κ2) is 6.21. The van der Waals surface area contributed by atoms with Crippen molar-refractivity contribution in [3.63, 3.8) is 0 Å². The number of halogens is 1. The maximum Gasteiger partial charge on any atom is 0.328 e. The molecule has 1 rings (SSSR count). The Morgan fingerprint density at radius 2 is 1.93 bits per heavy atom. The molecule has 0 aliphatic carbocycles. The number of aliphatic carboxylic acids is 1. The maximum absolute atomic E-state index is 10.2. The zero-order chi connectivity index (χ0) is 9.68. The number of carbonyl (C=O) groups is 1. The molecule has 0 saturated heterocycles. The number of carboxylic acids is 1. The summed E-state index contributed by atoms with van der Waals surface area (Å²) in [4.78, 5) is 10.2.